The molecule has 1 fully saturated rings. The van der Waals surface area contributed by atoms with Crippen molar-refractivity contribution in [2.24, 2.45) is 0 Å². The Morgan fingerprint density at radius 3 is 2.69 bits per heavy atom. The van der Waals surface area contributed by atoms with E-state index in [-0.39, 0.29) is 12.6 Å². The van der Waals surface area contributed by atoms with Crippen LogP contribution in [0.15, 0.2) is 30.3 Å². The van der Waals surface area contributed by atoms with Gasteiger partial charge in [0.1, 0.15) is 5.82 Å². The van der Waals surface area contributed by atoms with E-state index >= 15 is 0 Å². The molecule has 0 spiro atoms. The van der Waals surface area contributed by atoms with Crippen LogP contribution in [-0.4, -0.2) is 60.5 Å². The number of H-pyrrole nitrogens is 1. The molecule has 172 valence electrons. The second-order valence-electron chi connectivity index (χ2n) is 8.79. The molecule has 32 heavy (non-hydrogen) atoms. The highest BCUT2D eigenvalue weighted by molar-refractivity contribution is 7.91. The zero-order valence-electron chi connectivity index (χ0n) is 18.9. The average molecular weight is 459 g/mol. The number of aromatic nitrogens is 3. The van der Waals surface area contributed by atoms with Gasteiger partial charge in [0.15, 0.2) is 9.84 Å². The summed E-state index contributed by atoms with van der Waals surface area (Å²) in [6.45, 7) is 7.36. The average Bonchev–Trinajstić information content (AvgIpc) is 3.20. The highest BCUT2D eigenvalue weighted by Gasteiger charge is 2.34. The van der Waals surface area contributed by atoms with E-state index in [1.165, 1.54) is 6.26 Å². The summed E-state index contributed by atoms with van der Waals surface area (Å²) in [5.41, 5.74) is 4.17. The van der Waals surface area contributed by atoms with Gasteiger partial charge in [0, 0.05) is 18.5 Å². The van der Waals surface area contributed by atoms with Crippen molar-refractivity contribution in [3.63, 3.8) is 0 Å². The third-order valence-electron chi connectivity index (χ3n) is 6.39. The zero-order valence-corrected chi connectivity index (χ0v) is 19.7. The van der Waals surface area contributed by atoms with Gasteiger partial charge >= 0.3 is 0 Å². The summed E-state index contributed by atoms with van der Waals surface area (Å²) in [6.07, 6.45) is 2.16. The Kier molecular flexibility index (Phi) is 6.00. The summed E-state index contributed by atoms with van der Waals surface area (Å²) in [5, 5.41) is 9.41. The first-order valence-electron chi connectivity index (χ1n) is 10.8. The fourth-order valence-electron chi connectivity index (χ4n) is 3.94. The van der Waals surface area contributed by atoms with Crippen LogP contribution in [0.5, 0.6) is 0 Å². The highest BCUT2D eigenvalue weighted by atomic mass is 32.2. The second kappa shape index (κ2) is 8.46. The Hall–Kier alpha value is -2.49. The number of aromatic amines is 1. The van der Waals surface area contributed by atoms with Gasteiger partial charge in [0.05, 0.1) is 53.0 Å². The summed E-state index contributed by atoms with van der Waals surface area (Å²) >= 11 is 0. The minimum absolute atomic E-state index is 0.0957. The smallest absolute Gasteiger partial charge is 0.156 e. The van der Waals surface area contributed by atoms with E-state index < -0.39 is 14.6 Å². The molecule has 1 saturated heterocycles. The molecule has 3 aromatic rings. The molecule has 2 N–H and O–H groups in total. The highest BCUT2D eigenvalue weighted by Crippen LogP contribution is 2.35. The Morgan fingerprint density at radius 1 is 1.22 bits per heavy atom. The van der Waals surface area contributed by atoms with Crippen LogP contribution in [0.4, 0.5) is 5.82 Å². The minimum atomic E-state index is -3.38. The predicted molar refractivity (Wildman–Crippen MR) is 125 cm³/mol. The molecule has 1 atom stereocenters. The summed E-state index contributed by atoms with van der Waals surface area (Å²) in [5.74, 6) is 0.733. The van der Waals surface area contributed by atoms with Gasteiger partial charge in [-0.05, 0) is 56.2 Å². The van der Waals surface area contributed by atoms with E-state index in [4.69, 9.17) is 14.7 Å². The molecule has 3 aromatic heterocycles. The second-order valence-corrected chi connectivity index (χ2v) is 11.4. The standard InChI is InChI=1S/C23H30N4O4S/c1-5-17-14-31-9-8-27(17)22-11-15(23(2,3)32(4,29)30)10-20(26-22)19-7-6-18-21(25-19)12-16(13-28)24-18/h6-7,10-12,17,24,28H,5,8-9,13-14H2,1-4H3. The lowest BCUT2D eigenvalue weighted by Crippen LogP contribution is -2.45. The number of hydrogen-bond donors (Lipinski definition) is 2. The maximum atomic E-state index is 12.6. The van der Waals surface area contributed by atoms with Gasteiger partial charge in [-0.2, -0.15) is 0 Å². The van der Waals surface area contributed by atoms with Crippen molar-refractivity contribution in [3.05, 3.63) is 41.6 Å². The fourth-order valence-corrected chi connectivity index (χ4v) is 4.49. The van der Waals surface area contributed by atoms with E-state index in [2.05, 4.69) is 16.8 Å². The third kappa shape index (κ3) is 4.12. The molecule has 0 radical (unpaired) electrons. The van der Waals surface area contributed by atoms with E-state index in [0.717, 1.165) is 23.3 Å². The van der Waals surface area contributed by atoms with Gasteiger partial charge in [-0.15, -0.1) is 0 Å². The number of pyridine rings is 2. The maximum Gasteiger partial charge on any atom is 0.156 e. The lowest BCUT2D eigenvalue weighted by Gasteiger charge is -2.37. The monoisotopic (exact) mass is 458 g/mol. The van der Waals surface area contributed by atoms with Gasteiger partial charge in [-0.1, -0.05) is 6.92 Å². The van der Waals surface area contributed by atoms with Crippen LogP contribution in [-0.2, 0) is 25.9 Å². The molecule has 0 amide bonds. The van der Waals surface area contributed by atoms with Crippen molar-refractivity contribution in [2.75, 3.05) is 30.9 Å². The van der Waals surface area contributed by atoms with Crippen molar-refractivity contribution < 1.29 is 18.3 Å². The zero-order chi connectivity index (χ0) is 23.1. The summed E-state index contributed by atoms with van der Waals surface area (Å²) in [4.78, 5) is 15.0. The molecule has 4 heterocycles. The molecule has 9 heteroatoms. The summed E-state index contributed by atoms with van der Waals surface area (Å²) in [6, 6.07) is 9.44. The molecule has 0 aromatic carbocycles. The van der Waals surface area contributed by atoms with Crippen molar-refractivity contribution in [1.29, 1.82) is 0 Å². The largest absolute Gasteiger partial charge is 0.390 e. The topological polar surface area (TPSA) is 108 Å². The minimum Gasteiger partial charge on any atom is -0.390 e. The number of nitrogens with one attached hydrogen (secondary N) is 1. The molecule has 8 nitrogen and oxygen atoms in total. The third-order valence-corrected chi connectivity index (χ3v) is 8.48. The van der Waals surface area contributed by atoms with Crippen LogP contribution in [0.2, 0.25) is 0 Å². The number of fused-ring (bicyclic) bond motifs is 1. The van der Waals surface area contributed by atoms with Gasteiger partial charge in [0.2, 0.25) is 0 Å². The van der Waals surface area contributed by atoms with Crippen LogP contribution in [0.1, 0.15) is 38.4 Å². The predicted octanol–water partition coefficient (Wildman–Crippen LogP) is 3.01. The van der Waals surface area contributed by atoms with E-state index in [1.54, 1.807) is 19.9 Å². The lowest BCUT2D eigenvalue weighted by atomic mass is 10.0. The van der Waals surface area contributed by atoms with Crippen LogP contribution in [0.3, 0.4) is 0 Å². The quantitative estimate of drug-likeness (QED) is 0.584. The number of nitrogens with zero attached hydrogens (tertiary/aromatic N) is 3. The van der Waals surface area contributed by atoms with Crippen molar-refractivity contribution in [1.82, 2.24) is 15.0 Å². The molecular formula is C23H30N4O4S. The molecule has 1 aliphatic rings. The number of rotatable bonds is 6. The van der Waals surface area contributed by atoms with Gasteiger partial charge in [-0.25, -0.2) is 18.4 Å². The number of aliphatic hydroxyl groups excluding tert-OH is 1. The van der Waals surface area contributed by atoms with Gasteiger partial charge < -0.3 is 19.7 Å². The Labute approximate surface area is 188 Å². The lowest BCUT2D eigenvalue weighted by molar-refractivity contribution is 0.0925. The van der Waals surface area contributed by atoms with Crippen molar-refractivity contribution in [2.45, 2.75) is 44.6 Å². The molecule has 1 aliphatic heterocycles. The summed E-state index contributed by atoms with van der Waals surface area (Å²) in [7, 11) is -3.38. The molecule has 1 unspecified atom stereocenters. The molecule has 0 bridgehead atoms. The van der Waals surface area contributed by atoms with Crippen LogP contribution in [0.25, 0.3) is 22.4 Å². The number of morpholine rings is 1. The number of aliphatic hydroxyl groups is 1. The van der Waals surface area contributed by atoms with Gasteiger partial charge in [0.25, 0.3) is 0 Å². The Morgan fingerprint density at radius 2 is 2.00 bits per heavy atom. The number of hydrogen-bond acceptors (Lipinski definition) is 7. The molecule has 0 saturated carbocycles. The molecule has 4 rings (SSSR count). The SMILES string of the molecule is CCC1COCCN1c1cc(C(C)(C)S(C)(=O)=O)cc(-c2ccc3[nH]c(CO)cc3n2)n1. The first-order valence-corrected chi connectivity index (χ1v) is 12.7. The summed E-state index contributed by atoms with van der Waals surface area (Å²) < 4.78 is 29.8. The van der Waals surface area contributed by atoms with E-state index in [1.807, 2.05) is 24.3 Å². The maximum absolute atomic E-state index is 12.6. The fraction of sp³-hybridized carbons (Fsp3) is 0.478. The molecular weight excluding hydrogens is 428 g/mol. The van der Waals surface area contributed by atoms with Crippen LogP contribution >= 0.6 is 0 Å². The van der Waals surface area contributed by atoms with Gasteiger partial charge in [-0.3, -0.25) is 0 Å². The first-order chi connectivity index (χ1) is 15.1. The number of sulfone groups is 1. The number of anilines is 1. The normalized spacial score (nSPS) is 17.8. The Balaban J connectivity index is 1.89. The van der Waals surface area contributed by atoms with Crippen molar-refractivity contribution in [3.8, 4) is 11.4 Å². The van der Waals surface area contributed by atoms with Crippen molar-refractivity contribution >= 4 is 26.7 Å². The van der Waals surface area contributed by atoms with E-state index in [9.17, 15) is 13.5 Å². The van der Waals surface area contributed by atoms with E-state index in [0.29, 0.717) is 42.4 Å². The van der Waals surface area contributed by atoms with Crippen LogP contribution in [0, 0.1) is 0 Å². The van der Waals surface area contributed by atoms with Crippen LogP contribution < -0.4 is 4.90 Å². The number of ether oxygens (including phenoxy) is 1. The first kappa shape index (κ1) is 22.7. The molecule has 0 aliphatic carbocycles. The Bertz CT molecular complexity index is 1240.